The molecule has 0 saturated heterocycles. The fourth-order valence-electron chi connectivity index (χ4n) is 2.50. The Balaban J connectivity index is 2.31. The van der Waals surface area contributed by atoms with E-state index in [0.29, 0.717) is 6.61 Å². The van der Waals surface area contributed by atoms with Crippen LogP contribution in [0, 0.1) is 0 Å². The van der Waals surface area contributed by atoms with E-state index < -0.39 is 0 Å². The summed E-state index contributed by atoms with van der Waals surface area (Å²) < 4.78 is 5.48. The smallest absolute Gasteiger partial charge is 0.119 e. The summed E-state index contributed by atoms with van der Waals surface area (Å²) in [7, 11) is 0. The van der Waals surface area contributed by atoms with Gasteiger partial charge in [-0.2, -0.15) is 0 Å². The molecule has 1 unspecified atom stereocenters. The molecule has 1 atom stereocenters. The minimum absolute atomic E-state index is 0.109. The van der Waals surface area contributed by atoms with Crippen molar-refractivity contribution in [1.82, 2.24) is 0 Å². The Morgan fingerprint density at radius 2 is 1.67 bits per heavy atom. The highest BCUT2D eigenvalue weighted by atomic mass is 35.5. The fraction of sp³-hybridized carbons (Fsp3) is 0.368. The molecule has 0 bridgehead atoms. The van der Waals surface area contributed by atoms with E-state index in [1.165, 1.54) is 16.7 Å². The fourth-order valence-corrected chi connectivity index (χ4v) is 2.85. The molecule has 21 heavy (non-hydrogen) atoms. The maximum Gasteiger partial charge on any atom is 0.119 e. The van der Waals surface area contributed by atoms with Crippen molar-refractivity contribution in [1.29, 1.82) is 0 Å². The first-order valence-corrected chi connectivity index (χ1v) is 8.11. The molecule has 0 spiro atoms. The van der Waals surface area contributed by atoms with Gasteiger partial charge in [-0.3, -0.25) is 0 Å². The van der Waals surface area contributed by atoms with Gasteiger partial charge in [-0.1, -0.05) is 44.2 Å². The molecule has 0 aromatic heterocycles. The predicted octanol–water partition coefficient (Wildman–Crippen LogP) is 5.54. The van der Waals surface area contributed by atoms with Crippen molar-refractivity contribution in [3.8, 4) is 5.75 Å². The Morgan fingerprint density at radius 3 is 2.24 bits per heavy atom. The van der Waals surface area contributed by atoms with Crippen molar-refractivity contribution in [3.63, 3.8) is 0 Å². The summed E-state index contributed by atoms with van der Waals surface area (Å²) in [6.07, 6.45) is 2.03. The van der Waals surface area contributed by atoms with Crippen molar-refractivity contribution in [2.45, 2.75) is 39.0 Å². The third-order valence-electron chi connectivity index (χ3n) is 3.76. The van der Waals surface area contributed by atoms with E-state index in [-0.39, 0.29) is 5.38 Å². The monoisotopic (exact) mass is 302 g/mol. The largest absolute Gasteiger partial charge is 0.494 e. The van der Waals surface area contributed by atoms with Gasteiger partial charge in [-0.05, 0) is 54.2 Å². The molecule has 0 amide bonds. The molecule has 0 aliphatic heterocycles. The molecule has 1 nitrogen and oxygen atoms in total. The molecular weight excluding hydrogens is 280 g/mol. The van der Waals surface area contributed by atoms with Crippen LogP contribution in [-0.4, -0.2) is 6.61 Å². The molecule has 0 aliphatic carbocycles. The van der Waals surface area contributed by atoms with Crippen molar-refractivity contribution >= 4 is 11.6 Å². The minimum Gasteiger partial charge on any atom is -0.494 e. The zero-order valence-electron chi connectivity index (χ0n) is 13.0. The van der Waals surface area contributed by atoms with E-state index in [9.17, 15) is 0 Å². The zero-order chi connectivity index (χ0) is 15.2. The molecule has 2 rings (SSSR count). The third-order valence-corrected chi connectivity index (χ3v) is 4.24. The zero-order valence-corrected chi connectivity index (χ0v) is 13.8. The van der Waals surface area contributed by atoms with E-state index in [1.807, 2.05) is 19.1 Å². The first kappa shape index (κ1) is 15.9. The molecule has 0 radical (unpaired) electrons. The van der Waals surface area contributed by atoms with Crippen LogP contribution in [0.2, 0.25) is 0 Å². The van der Waals surface area contributed by atoms with Gasteiger partial charge in [0, 0.05) is 0 Å². The Bertz CT molecular complexity index is 575. The van der Waals surface area contributed by atoms with Gasteiger partial charge in [-0.15, -0.1) is 11.6 Å². The van der Waals surface area contributed by atoms with Crippen LogP contribution in [0.4, 0.5) is 0 Å². The number of halogens is 1. The average molecular weight is 303 g/mol. The summed E-state index contributed by atoms with van der Waals surface area (Å²) >= 11 is 6.73. The van der Waals surface area contributed by atoms with E-state index in [2.05, 4.69) is 44.2 Å². The molecule has 112 valence electrons. The Morgan fingerprint density at radius 1 is 0.952 bits per heavy atom. The molecule has 2 heteroatoms. The quantitative estimate of drug-likeness (QED) is 0.637. The average Bonchev–Trinajstić information content (AvgIpc) is 2.54. The number of rotatable bonds is 6. The number of aryl methyl sites for hydroxylation is 2. The lowest BCUT2D eigenvalue weighted by Gasteiger charge is -2.16. The van der Waals surface area contributed by atoms with E-state index in [1.54, 1.807) is 0 Å². The Labute approximate surface area is 132 Å². The first-order valence-electron chi connectivity index (χ1n) is 7.68. The van der Waals surface area contributed by atoms with Gasteiger partial charge in [0.05, 0.1) is 12.0 Å². The van der Waals surface area contributed by atoms with Gasteiger partial charge in [0.15, 0.2) is 0 Å². The standard InChI is InChI=1S/C19H23ClO/c1-4-14-7-8-15(5-2)18(13-14)19(20)16-9-11-17(12-10-16)21-6-3/h7-13,19H,4-6H2,1-3H3. The second kappa shape index (κ2) is 7.51. The van der Waals surface area contributed by atoms with E-state index in [4.69, 9.17) is 16.3 Å². The number of ether oxygens (including phenoxy) is 1. The molecule has 0 heterocycles. The van der Waals surface area contributed by atoms with Gasteiger partial charge in [0.2, 0.25) is 0 Å². The topological polar surface area (TPSA) is 9.23 Å². The van der Waals surface area contributed by atoms with Gasteiger partial charge in [-0.25, -0.2) is 0 Å². The van der Waals surface area contributed by atoms with Gasteiger partial charge in [0.25, 0.3) is 0 Å². The van der Waals surface area contributed by atoms with Crippen molar-refractivity contribution < 1.29 is 4.74 Å². The van der Waals surface area contributed by atoms with Crippen LogP contribution in [0.15, 0.2) is 42.5 Å². The Hall–Kier alpha value is -1.47. The summed E-state index contributed by atoms with van der Waals surface area (Å²) in [5, 5.41) is -0.109. The number of hydrogen-bond donors (Lipinski definition) is 0. The SMILES string of the molecule is CCOc1ccc(C(Cl)c2cc(CC)ccc2CC)cc1. The number of hydrogen-bond acceptors (Lipinski definition) is 1. The second-order valence-electron chi connectivity index (χ2n) is 5.10. The van der Waals surface area contributed by atoms with Gasteiger partial charge >= 0.3 is 0 Å². The van der Waals surface area contributed by atoms with Crippen LogP contribution < -0.4 is 4.74 Å². The minimum atomic E-state index is -0.109. The number of alkyl halides is 1. The van der Waals surface area contributed by atoms with Crippen LogP contribution in [0.1, 0.15) is 48.4 Å². The second-order valence-corrected chi connectivity index (χ2v) is 5.54. The lowest BCUT2D eigenvalue weighted by molar-refractivity contribution is 0.340. The molecular formula is C19H23ClO. The van der Waals surface area contributed by atoms with Crippen molar-refractivity contribution in [2.24, 2.45) is 0 Å². The highest BCUT2D eigenvalue weighted by Gasteiger charge is 2.15. The molecule has 2 aromatic carbocycles. The first-order chi connectivity index (χ1) is 10.2. The summed E-state index contributed by atoms with van der Waals surface area (Å²) in [5.74, 6) is 0.892. The van der Waals surface area contributed by atoms with Crippen molar-refractivity contribution in [3.05, 3.63) is 64.7 Å². The normalized spacial score (nSPS) is 12.2. The summed E-state index contributed by atoms with van der Waals surface area (Å²) in [6, 6.07) is 14.7. The Kier molecular flexibility index (Phi) is 5.69. The maximum absolute atomic E-state index is 6.73. The summed E-state index contributed by atoms with van der Waals surface area (Å²) in [5.41, 5.74) is 4.99. The molecule has 0 aliphatic rings. The predicted molar refractivity (Wildman–Crippen MR) is 90.5 cm³/mol. The molecule has 0 N–H and O–H groups in total. The van der Waals surface area contributed by atoms with Gasteiger partial charge < -0.3 is 4.74 Å². The lowest BCUT2D eigenvalue weighted by Crippen LogP contribution is -2.00. The van der Waals surface area contributed by atoms with E-state index in [0.717, 1.165) is 24.2 Å². The third kappa shape index (κ3) is 3.79. The van der Waals surface area contributed by atoms with Crippen LogP contribution in [0.5, 0.6) is 5.75 Å². The van der Waals surface area contributed by atoms with Crippen LogP contribution in [0.3, 0.4) is 0 Å². The van der Waals surface area contributed by atoms with Crippen LogP contribution in [0.25, 0.3) is 0 Å². The highest BCUT2D eigenvalue weighted by molar-refractivity contribution is 6.22. The lowest BCUT2D eigenvalue weighted by atomic mass is 9.95. The van der Waals surface area contributed by atoms with E-state index >= 15 is 0 Å². The molecule has 0 saturated carbocycles. The number of benzene rings is 2. The van der Waals surface area contributed by atoms with Crippen LogP contribution in [-0.2, 0) is 12.8 Å². The van der Waals surface area contributed by atoms with Crippen LogP contribution >= 0.6 is 11.6 Å². The highest BCUT2D eigenvalue weighted by Crippen LogP contribution is 2.33. The molecule has 0 fully saturated rings. The summed E-state index contributed by atoms with van der Waals surface area (Å²) in [6.45, 7) is 7.02. The van der Waals surface area contributed by atoms with Gasteiger partial charge in [0.1, 0.15) is 5.75 Å². The summed E-state index contributed by atoms with van der Waals surface area (Å²) in [4.78, 5) is 0. The van der Waals surface area contributed by atoms with Crippen molar-refractivity contribution in [2.75, 3.05) is 6.61 Å². The maximum atomic E-state index is 6.73. The molecule has 2 aromatic rings.